The highest BCUT2D eigenvalue weighted by Crippen LogP contribution is 2.30. The summed E-state index contributed by atoms with van der Waals surface area (Å²) in [6.07, 6.45) is 8.16. The van der Waals surface area contributed by atoms with Crippen molar-refractivity contribution in [1.82, 2.24) is 24.2 Å². The molecule has 0 fully saturated rings. The molecule has 0 saturated carbocycles. The van der Waals surface area contributed by atoms with Gasteiger partial charge in [0.05, 0.1) is 30.0 Å². The molecule has 4 rings (SSSR count). The normalized spacial score (nSPS) is 16.5. The van der Waals surface area contributed by atoms with Crippen LogP contribution in [0.25, 0.3) is 27.5 Å². The molecule has 0 spiro atoms. The van der Waals surface area contributed by atoms with Gasteiger partial charge in [0.15, 0.2) is 5.65 Å². The number of hydrogen-bond acceptors (Lipinski definition) is 5. The molecule has 0 unspecified atom stereocenters. The first kappa shape index (κ1) is 13.4. The minimum Gasteiger partial charge on any atom is -0.345 e. The van der Waals surface area contributed by atoms with Crippen molar-refractivity contribution in [2.75, 3.05) is 19.3 Å². The largest absolute Gasteiger partial charge is 0.345 e. The van der Waals surface area contributed by atoms with E-state index in [1.807, 2.05) is 12.1 Å². The van der Waals surface area contributed by atoms with Gasteiger partial charge in [0.1, 0.15) is 0 Å². The molecule has 0 amide bonds. The van der Waals surface area contributed by atoms with Crippen LogP contribution in [-0.4, -0.2) is 52.0 Å². The van der Waals surface area contributed by atoms with E-state index in [1.54, 1.807) is 18.7 Å². The van der Waals surface area contributed by atoms with E-state index in [0.29, 0.717) is 18.7 Å². The molecule has 8 heteroatoms. The Kier molecular flexibility index (Phi) is 2.78. The van der Waals surface area contributed by atoms with Gasteiger partial charge in [-0.05, 0) is 11.6 Å². The van der Waals surface area contributed by atoms with Gasteiger partial charge in [-0.25, -0.2) is 23.4 Å². The van der Waals surface area contributed by atoms with Crippen molar-refractivity contribution in [2.24, 2.45) is 0 Å². The van der Waals surface area contributed by atoms with E-state index < -0.39 is 10.0 Å². The zero-order valence-corrected chi connectivity index (χ0v) is 12.6. The molecule has 3 aromatic rings. The van der Waals surface area contributed by atoms with Crippen molar-refractivity contribution in [3.63, 3.8) is 0 Å². The molecule has 112 valence electrons. The highest BCUT2D eigenvalue weighted by Gasteiger charge is 2.25. The van der Waals surface area contributed by atoms with Crippen molar-refractivity contribution in [3.05, 3.63) is 36.6 Å². The minimum absolute atomic E-state index is 0.336. The number of nitrogens with one attached hydrogen (secondary N) is 1. The van der Waals surface area contributed by atoms with Gasteiger partial charge in [-0.3, -0.25) is 0 Å². The maximum absolute atomic E-state index is 11.7. The van der Waals surface area contributed by atoms with Crippen molar-refractivity contribution in [2.45, 2.75) is 0 Å². The molecular weight excluding hydrogens is 302 g/mol. The molecule has 0 atom stereocenters. The molecule has 1 aliphatic heterocycles. The topological polar surface area (TPSA) is 91.8 Å². The Morgan fingerprint density at radius 3 is 2.91 bits per heavy atom. The van der Waals surface area contributed by atoms with Crippen LogP contribution in [0, 0.1) is 0 Å². The standard InChI is InChI=1S/C14H13N5O2S/c1-22(20,21)19-5-3-9(7-19)13-12-10-2-4-15-14(10)16-6-11(12)17-8-18-13/h2-4,6,8H,5,7H2,1H3,(H,17,18). The summed E-state index contributed by atoms with van der Waals surface area (Å²) in [5.41, 5.74) is 3.19. The Bertz CT molecular complexity index is 1020. The molecule has 4 heterocycles. The quantitative estimate of drug-likeness (QED) is 0.766. The molecule has 3 aromatic heterocycles. The Morgan fingerprint density at radius 2 is 2.14 bits per heavy atom. The summed E-state index contributed by atoms with van der Waals surface area (Å²) < 4.78 is 24.8. The smallest absolute Gasteiger partial charge is 0.211 e. The number of hydrogen-bond donors (Lipinski definition) is 1. The number of aromatic nitrogens is 4. The highest BCUT2D eigenvalue weighted by atomic mass is 32.2. The monoisotopic (exact) mass is 315 g/mol. The lowest BCUT2D eigenvalue weighted by molar-refractivity contribution is 0.496. The van der Waals surface area contributed by atoms with Gasteiger partial charge in [0.25, 0.3) is 0 Å². The summed E-state index contributed by atoms with van der Waals surface area (Å²) in [4.78, 5) is 16.0. The lowest BCUT2D eigenvalue weighted by atomic mass is 10.1. The van der Waals surface area contributed by atoms with E-state index in [2.05, 4.69) is 19.9 Å². The van der Waals surface area contributed by atoms with Crippen LogP contribution in [0.3, 0.4) is 0 Å². The zero-order valence-electron chi connectivity index (χ0n) is 11.8. The van der Waals surface area contributed by atoms with Crippen molar-refractivity contribution in [3.8, 4) is 0 Å². The third-order valence-electron chi connectivity index (χ3n) is 3.85. The maximum atomic E-state index is 11.7. The lowest BCUT2D eigenvalue weighted by Gasteiger charge is -2.13. The first-order chi connectivity index (χ1) is 10.5. The number of pyridine rings is 1. The van der Waals surface area contributed by atoms with Gasteiger partial charge >= 0.3 is 0 Å². The SMILES string of the molecule is CS(=O)(=O)N1CC=C(c2nc[nH]c3cnc4nccc4c23)C1. The van der Waals surface area contributed by atoms with E-state index in [-0.39, 0.29) is 0 Å². The molecule has 1 N–H and O–H groups in total. The molecule has 0 aliphatic carbocycles. The first-order valence-corrected chi connectivity index (χ1v) is 8.60. The van der Waals surface area contributed by atoms with E-state index in [9.17, 15) is 8.42 Å². The average molecular weight is 315 g/mol. The summed E-state index contributed by atoms with van der Waals surface area (Å²) in [6, 6.07) is 1.90. The Morgan fingerprint density at radius 1 is 1.27 bits per heavy atom. The second-order valence-electron chi connectivity index (χ2n) is 5.27. The van der Waals surface area contributed by atoms with Gasteiger partial charge in [0, 0.05) is 30.1 Å². The molecule has 0 bridgehead atoms. The Balaban J connectivity index is 1.91. The number of fused-ring (bicyclic) bond motifs is 3. The third-order valence-corrected chi connectivity index (χ3v) is 5.06. The minimum atomic E-state index is -3.21. The van der Waals surface area contributed by atoms with E-state index >= 15 is 0 Å². The number of sulfonamides is 1. The van der Waals surface area contributed by atoms with Crippen LogP contribution in [0.4, 0.5) is 0 Å². The predicted octanol–water partition coefficient (Wildman–Crippen LogP) is 1.16. The number of rotatable bonds is 2. The van der Waals surface area contributed by atoms with E-state index in [4.69, 9.17) is 0 Å². The van der Waals surface area contributed by atoms with E-state index in [1.165, 1.54) is 10.6 Å². The summed E-state index contributed by atoms with van der Waals surface area (Å²) in [6.45, 7) is 0.715. The van der Waals surface area contributed by atoms with E-state index in [0.717, 1.165) is 27.6 Å². The zero-order chi connectivity index (χ0) is 15.3. The summed E-state index contributed by atoms with van der Waals surface area (Å²) in [7, 11) is -3.21. The van der Waals surface area contributed by atoms with Gasteiger partial charge < -0.3 is 4.98 Å². The first-order valence-electron chi connectivity index (χ1n) is 6.75. The predicted molar refractivity (Wildman–Crippen MR) is 83.6 cm³/mol. The second-order valence-corrected chi connectivity index (χ2v) is 7.25. The molecule has 0 aromatic carbocycles. The van der Waals surface area contributed by atoms with Crippen molar-refractivity contribution < 1.29 is 8.42 Å². The van der Waals surface area contributed by atoms with Crippen LogP contribution in [0.1, 0.15) is 5.69 Å². The summed E-state index contributed by atoms with van der Waals surface area (Å²) in [5, 5.41) is 1.84. The Labute approximate surface area is 126 Å². The van der Waals surface area contributed by atoms with Crippen molar-refractivity contribution >= 4 is 37.5 Å². The molecule has 1 aliphatic rings. The number of aromatic amines is 1. The molecular formula is C14H13N5O2S. The lowest BCUT2D eigenvalue weighted by Crippen LogP contribution is -2.27. The van der Waals surface area contributed by atoms with Crippen LogP contribution in [0.15, 0.2) is 30.9 Å². The summed E-state index contributed by atoms with van der Waals surface area (Å²) >= 11 is 0. The summed E-state index contributed by atoms with van der Waals surface area (Å²) in [5.74, 6) is 0. The van der Waals surface area contributed by atoms with Crippen LogP contribution in [0.5, 0.6) is 0 Å². The highest BCUT2D eigenvalue weighted by molar-refractivity contribution is 7.88. The second kappa shape index (κ2) is 4.59. The van der Waals surface area contributed by atoms with Crippen LogP contribution < -0.4 is 0 Å². The molecule has 7 nitrogen and oxygen atoms in total. The van der Waals surface area contributed by atoms with Crippen LogP contribution >= 0.6 is 0 Å². The fourth-order valence-electron chi connectivity index (χ4n) is 2.75. The molecule has 0 saturated heterocycles. The third kappa shape index (κ3) is 1.99. The van der Waals surface area contributed by atoms with Gasteiger partial charge in [-0.2, -0.15) is 4.31 Å². The van der Waals surface area contributed by atoms with Gasteiger partial charge in [-0.15, -0.1) is 0 Å². The van der Waals surface area contributed by atoms with Gasteiger partial charge in [-0.1, -0.05) is 6.08 Å². The Hall–Kier alpha value is -2.32. The average Bonchev–Trinajstić information content (AvgIpc) is 3.15. The number of H-pyrrole nitrogens is 1. The van der Waals surface area contributed by atoms with Gasteiger partial charge in [0.2, 0.25) is 10.0 Å². The fraction of sp³-hybridized carbons (Fsp3) is 0.214. The molecule has 0 radical (unpaired) electrons. The maximum Gasteiger partial charge on any atom is 0.211 e. The van der Waals surface area contributed by atoms with Crippen LogP contribution in [-0.2, 0) is 10.0 Å². The van der Waals surface area contributed by atoms with Crippen molar-refractivity contribution in [1.29, 1.82) is 0 Å². The van der Waals surface area contributed by atoms with Crippen LogP contribution in [0.2, 0.25) is 0 Å². The fourth-order valence-corrected chi connectivity index (χ4v) is 3.47. The molecule has 22 heavy (non-hydrogen) atoms. The number of nitrogens with zero attached hydrogens (tertiary/aromatic N) is 4.